The van der Waals surface area contributed by atoms with Gasteiger partial charge >= 0.3 is 5.97 Å². The Balaban J connectivity index is 2.54. The Morgan fingerprint density at radius 2 is 1.81 bits per heavy atom. The number of halogens is 1. The van der Waals surface area contributed by atoms with Gasteiger partial charge < -0.3 is 5.11 Å². The van der Waals surface area contributed by atoms with Crippen LogP contribution in [-0.4, -0.2) is 26.0 Å². The number of hydrogen-bond acceptors (Lipinski definition) is 3. The fraction of sp³-hybridized carbons (Fsp3) is 0.500. The zero-order valence-electron chi connectivity index (χ0n) is 12.1. The van der Waals surface area contributed by atoms with Crippen LogP contribution in [0.5, 0.6) is 0 Å². The first-order valence-corrected chi connectivity index (χ1v) is 8.87. The largest absolute Gasteiger partial charge is 0.481 e. The van der Waals surface area contributed by atoms with Crippen molar-refractivity contribution in [3.05, 3.63) is 28.7 Å². The van der Waals surface area contributed by atoms with Crippen LogP contribution in [-0.2, 0) is 14.8 Å². The number of benzene rings is 1. The van der Waals surface area contributed by atoms with Crippen molar-refractivity contribution in [2.75, 3.05) is 6.54 Å². The van der Waals surface area contributed by atoms with Gasteiger partial charge in [-0.1, -0.05) is 29.8 Å². The van der Waals surface area contributed by atoms with Crippen LogP contribution in [0.15, 0.2) is 33.6 Å². The molecule has 118 valence electrons. The van der Waals surface area contributed by atoms with Crippen LogP contribution in [0.4, 0.5) is 0 Å². The van der Waals surface area contributed by atoms with Crippen LogP contribution >= 0.6 is 15.9 Å². The summed E-state index contributed by atoms with van der Waals surface area (Å²) in [6.07, 6.45) is 1.19. The number of aliphatic carboxylic acids is 1. The first kappa shape index (κ1) is 18.1. The second-order valence-electron chi connectivity index (χ2n) is 5.66. The summed E-state index contributed by atoms with van der Waals surface area (Å²) in [5.41, 5.74) is -0.222. The number of hydrogen-bond donors (Lipinski definition) is 2. The third kappa shape index (κ3) is 6.58. The third-order valence-corrected chi connectivity index (χ3v) is 5.24. The Kier molecular flexibility index (Phi) is 6.37. The highest BCUT2D eigenvalue weighted by Gasteiger charge is 2.21. The smallest absolute Gasteiger partial charge is 0.303 e. The van der Waals surface area contributed by atoms with Gasteiger partial charge in [-0.25, -0.2) is 13.1 Å². The lowest BCUT2D eigenvalue weighted by Gasteiger charge is -2.23. The Hall–Kier alpha value is -0.920. The highest BCUT2D eigenvalue weighted by atomic mass is 79.9. The molecule has 0 fully saturated rings. The SMILES string of the molecule is CC(C)(CCNS(=O)(=O)c1ccc(Br)cc1)CCC(=O)O. The van der Waals surface area contributed by atoms with Gasteiger partial charge in [0.05, 0.1) is 4.90 Å². The van der Waals surface area contributed by atoms with Crippen molar-refractivity contribution in [3.63, 3.8) is 0 Å². The molecule has 0 unspecified atom stereocenters. The van der Waals surface area contributed by atoms with E-state index in [-0.39, 0.29) is 23.3 Å². The lowest BCUT2D eigenvalue weighted by Crippen LogP contribution is -2.28. The first-order chi connectivity index (χ1) is 9.62. The van der Waals surface area contributed by atoms with Gasteiger partial charge in [0.2, 0.25) is 10.0 Å². The van der Waals surface area contributed by atoms with Gasteiger partial charge in [-0.3, -0.25) is 4.79 Å². The number of carbonyl (C=O) groups is 1. The number of carboxylic acid groups (broad SMARTS) is 1. The molecule has 0 aromatic heterocycles. The van der Waals surface area contributed by atoms with Gasteiger partial charge in [0.15, 0.2) is 0 Å². The fourth-order valence-electron chi connectivity index (χ4n) is 1.79. The minimum absolute atomic E-state index is 0.0897. The molecule has 1 rings (SSSR count). The van der Waals surface area contributed by atoms with Crippen LogP contribution in [0.1, 0.15) is 33.1 Å². The molecule has 7 heteroatoms. The van der Waals surface area contributed by atoms with Crippen molar-refractivity contribution in [1.29, 1.82) is 0 Å². The van der Waals surface area contributed by atoms with Gasteiger partial charge in [-0.15, -0.1) is 0 Å². The second-order valence-corrected chi connectivity index (χ2v) is 8.34. The van der Waals surface area contributed by atoms with Crippen molar-refractivity contribution in [2.45, 2.75) is 38.0 Å². The lowest BCUT2D eigenvalue weighted by molar-refractivity contribution is -0.137. The number of rotatable bonds is 8. The van der Waals surface area contributed by atoms with Gasteiger partial charge in [-0.2, -0.15) is 0 Å². The van der Waals surface area contributed by atoms with E-state index >= 15 is 0 Å². The minimum Gasteiger partial charge on any atom is -0.481 e. The maximum Gasteiger partial charge on any atom is 0.303 e. The average Bonchev–Trinajstić information content (AvgIpc) is 2.36. The zero-order valence-corrected chi connectivity index (χ0v) is 14.5. The highest BCUT2D eigenvalue weighted by molar-refractivity contribution is 9.10. The molecule has 0 amide bonds. The number of sulfonamides is 1. The number of nitrogens with one attached hydrogen (secondary N) is 1. The molecule has 0 aliphatic rings. The Labute approximate surface area is 133 Å². The van der Waals surface area contributed by atoms with E-state index in [0.29, 0.717) is 12.8 Å². The molecular formula is C14H20BrNO4S. The van der Waals surface area contributed by atoms with Crippen LogP contribution < -0.4 is 4.72 Å². The van der Waals surface area contributed by atoms with Gasteiger partial charge in [0.25, 0.3) is 0 Å². The maximum atomic E-state index is 12.1. The van der Waals surface area contributed by atoms with Gasteiger partial charge in [-0.05, 0) is 42.5 Å². The van der Waals surface area contributed by atoms with E-state index in [4.69, 9.17) is 5.11 Å². The first-order valence-electron chi connectivity index (χ1n) is 6.59. The predicted octanol–water partition coefficient (Wildman–Crippen LogP) is 3.01. The van der Waals surface area contributed by atoms with Crippen LogP contribution in [0, 0.1) is 5.41 Å². The average molecular weight is 378 g/mol. The predicted molar refractivity (Wildman–Crippen MR) is 84.6 cm³/mol. The van der Waals surface area contributed by atoms with E-state index in [1.165, 1.54) is 12.1 Å². The lowest BCUT2D eigenvalue weighted by atomic mass is 9.84. The van der Waals surface area contributed by atoms with E-state index < -0.39 is 16.0 Å². The minimum atomic E-state index is -3.52. The molecule has 0 bridgehead atoms. The van der Waals surface area contributed by atoms with E-state index in [0.717, 1.165) is 4.47 Å². The Morgan fingerprint density at radius 1 is 1.24 bits per heavy atom. The molecule has 0 saturated carbocycles. The molecular weight excluding hydrogens is 358 g/mol. The normalized spacial score (nSPS) is 12.3. The molecule has 5 nitrogen and oxygen atoms in total. The fourth-order valence-corrected chi connectivity index (χ4v) is 3.09. The second kappa shape index (κ2) is 7.38. The summed E-state index contributed by atoms with van der Waals surface area (Å²) in [7, 11) is -3.52. The monoisotopic (exact) mass is 377 g/mol. The van der Waals surface area contributed by atoms with Crippen molar-refractivity contribution < 1.29 is 18.3 Å². The van der Waals surface area contributed by atoms with E-state index in [1.54, 1.807) is 12.1 Å². The van der Waals surface area contributed by atoms with Crippen LogP contribution in [0.25, 0.3) is 0 Å². The van der Waals surface area contributed by atoms with Crippen LogP contribution in [0.3, 0.4) is 0 Å². The van der Waals surface area contributed by atoms with Crippen molar-refractivity contribution in [3.8, 4) is 0 Å². The molecule has 0 saturated heterocycles. The van der Waals surface area contributed by atoms with Gasteiger partial charge in [0, 0.05) is 17.4 Å². The highest BCUT2D eigenvalue weighted by Crippen LogP contribution is 2.26. The molecule has 0 aliphatic heterocycles. The quantitative estimate of drug-likeness (QED) is 0.729. The third-order valence-electron chi connectivity index (χ3n) is 3.23. The molecule has 0 atom stereocenters. The topological polar surface area (TPSA) is 83.5 Å². The van der Waals surface area contributed by atoms with Gasteiger partial charge in [0.1, 0.15) is 0 Å². The van der Waals surface area contributed by atoms with Crippen LogP contribution in [0.2, 0.25) is 0 Å². The molecule has 0 heterocycles. The Bertz CT molecular complexity index is 581. The summed E-state index contributed by atoms with van der Waals surface area (Å²) >= 11 is 3.26. The molecule has 0 aliphatic carbocycles. The standard InChI is InChI=1S/C14H20BrNO4S/c1-14(2,8-7-13(17)18)9-10-16-21(19,20)12-5-3-11(15)4-6-12/h3-6,16H,7-10H2,1-2H3,(H,17,18). The maximum absolute atomic E-state index is 12.1. The van der Waals surface area contributed by atoms with Crippen molar-refractivity contribution in [1.82, 2.24) is 4.72 Å². The van der Waals surface area contributed by atoms with E-state index in [9.17, 15) is 13.2 Å². The zero-order chi connectivity index (χ0) is 16.1. The number of carboxylic acids is 1. The summed E-state index contributed by atoms with van der Waals surface area (Å²) in [5.74, 6) is -0.835. The summed E-state index contributed by atoms with van der Waals surface area (Å²) in [6, 6.07) is 6.40. The Morgan fingerprint density at radius 3 is 2.33 bits per heavy atom. The summed E-state index contributed by atoms with van der Waals surface area (Å²) < 4.78 is 27.5. The van der Waals surface area contributed by atoms with E-state index in [1.807, 2.05) is 13.8 Å². The molecule has 0 spiro atoms. The summed E-state index contributed by atoms with van der Waals surface area (Å²) in [5, 5.41) is 8.69. The van der Waals surface area contributed by atoms with E-state index in [2.05, 4.69) is 20.7 Å². The summed E-state index contributed by atoms with van der Waals surface area (Å²) in [4.78, 5) is 10.8. The molecule has 0 radical (unpaired) electrons. The molecule has 21 heavy (non-hydrogen) atoms. The van der Waals surface area contributed by atoms with Crippen molar-refractivity contribution in [2.24, 2.45) is 5.41 Å². The molecule has 2 N–H and O–H groups in total. The molecule has 1 aromatic rings. The molecule has 1 aromatic carbocycles. The van der Waals surface area contributed by atoms with Crippen molar-refractivity contribution >= 4 is 31.9 Å². The summed E-state index contributed by atoms with van der Waals surface area (Å²) in [6.45, 7) is 4.15.